The maximum absolute atomic E-state index is 11.4. The molecule has 0 spiro atoms. The molecule has 0 heterocycles. The number of amides is 1. The van der Waals surface area contributed by atoms with Gasteiger partial charge in [-0.25, -0.2) is 0 Å². The molecule has 0 aromatic heterocycles. The summed E-state index contributed by atoms with van der Waals surface area (Å²) in [5, 5.41) is 12.7. The SMILES string of the molecule is CC(=O)OC(CC(C)(C)C(CC(O)CI)NC=O)C(C)(C)I. The predicted octanol–water partition coefficient (Wildman–Crippen LogP) is 2.85. The third-order valence-corrected chi connectivity index (χ3v) is 5.40. The van der Waals surface area contributed by atoms with Crippen molar-refractivity contribution in [3.05, 3.63) is 0 Å². The van der Waals surface area contributed by atoms with Crippen LogP contribution in [0, 0.1) is 5.41 Å². The van der Waals surface area contributed by atoms with Gasteiger partial charge in [-0.15, -0.1) is 0 Å². The Hall–Kier alpha value is 0.360. The van der Waals surface area contributed by atoms with E-state index in [0.717, 1.165) is 0 Å². The first-order chi connectivity index (χ1) is 9.93. The molecule has 2 N–H and O–H groups in total. The third kappa shape index (κ3) is 8.28. The molecule has 22 heavy (non-hydrogen) atoms. The van der Waals surface area contributed by atoms with Gasteiger partial charge in [0.15, 0.2) is 0 Å². The van der Waals surface area contributed by atoms with E-state index in [-0.39, 0.29) is 27.0 Å². The molecule has 0 radical (unpaired) electrons. The van der Waals surface area contributed by atoms with E-state index in [1.54, 1.807) is 0 Å². The number of rotatable bonds is 10. The number of carbonyl (C=O) groups is 2. The van der Waals surface area contributed by atoms with Crippen LogP contribution in [0.4, 0.5) is 0 Å². The normalized spacial score (nSPS) is 16.5. The van der Waals surface area contributed by atoms with E-state index in [0.29, 0.717) is 23.7 Å². The fourth-order valence-electron chi connectivity index (χ4n) is 2.27. The van der Waals surface area contributed by atoms with Gasteiger partial charge in [-0.3, -0.25) is 9.59 Å². The van der Waals surface area contributed by atoms with Gasteiger partial charge in [-0.05, 0) is 32.1 Å². The van der Waals surface area contributed by atoms with Gasteiger partial charge in [0, 0.05) is 17.4 Å². The summed E-state index contributed by atoms with van der Waals surface area (Å²) in [6, 6.07) is -0.188. The molecule has 1 amide bonds. The number of hydrogen-bond acceptors (Lipinski definition) is 4. The standard InChI is InChI=1S/C15H27I2NO4/c1-10(20)22-13(15(4,5)17)7-14(2,3)12(18-9-19)6-11(21)8-16/h9,11-13,21H,6-8H2,1-5H3,(H,18,19). The van der Waals surface area contributed by atoms with Crippen LogP contribution in [-0.4, -0.2) is 43.6 Å². The first-order valence-electron chi connectivity index (χ1n) is 7.24. The van der Waals surface area contributed by atoms with Gasteiger partial charge in [0.1, 0.15) is 6.10 Å². The van der Waals surface area contributed by atoms with Crippen LogP contribution in [-0.2, 0) is 14.3 Å². The molecule has 0 saturated carbocycles. The summed E-state index contributed by atoms with van der Waals surface area (Å²) >= 11 is 4.39. The fraction of sp³-hybridized carbons (Fsp3) is 0.867. The molecule has 0 fully saturated rings. The summed E-state index contributed by atoms with van der Waals surface area (Å²) in [5.41, 5.74) is -0.323. The molecule has 0 aliphatic rings. The van der Waals surface area contributed by atoms with Crippen LogP contribution in [0.25, 0.3) is 0 Å². The molecule has 5 nitrogen and oxygen atoms in total. The quantitative estimate of drug-likeness (QED) is 0.194. The van der Waals surface area contributed by atoms with Gasteiger partial charge in [-0.1, -0.05) is 59.0 Å². The number of ether oxygens (including phenoxy) is 1. The van der Waals surface area contributed by atoms with Crippen molar-refractivity contribution in [1.82, 2.24) is 5.32 Å². The van der Waals surface area contributed by atoms with Crippen LogP contribution in [0.2, 0.25) is 0 Å². The highest BCUT2D eigenvalue weighted by molar-refractivity contribution is 14.1. The lowest BCUT2D eigenvalue weighted by Gasteiger charge is -2.40. The Labute approximate surface area is 160 Å². The Kier molecular flexibility index (Phi) is 9.76. The number of aliphatic hydroxyl groups is 1. The Morgan fingerprint density at radius 2 is 1.91 bits per heavy atom. The fourth-order valence-corrected chi connectivity index (χ4v) is 2.98. The topological polar surface area (TPSA) is 75.6 Å². The maximum atomic E-state index is 11.4. The molecule has 0 aromatic rings. The first kappa shape index (κ1) is 22.4. The smallest absolute Gasteiger partial charge is 0.302 e. The van der Waals surface area contributed by atoms with E-state index in [4.69, 9.17) is 4.74 Å². The van der Waals surface area contributed by atoms with E-state index in [2.05, 4.69) is 50.5 Å². The van der Waals surface area contributed by atoms with Gasteiger partial charge in [0.2, 0.25) is 6.41 Å². The van der Waals surface area contributed by atoms with E-state index in [1.165, 1.54) is 6.92 Å². The van der Waals surface area contributed by atoms with Crippen LogP contribution in [0.3, 0.4) is 0 Å². The van der Waals surface area contributed by atoms with Crippen LogP contribution >= 0.6 is 45.2 Å². The lowest BCUT2D eigenvalue weighted by atomic mass is 9.75. The summed E-state index contributed by atoms with van der Waals surface area (Å²) in [6.07, 6.45) is 0.999. The summed E-state index contributed by atoms with van der Waals surface area (Å²) < 4.78 is 5.86. The van der Waals surface area contributed by atoms with E-state index in [1.807, 2.05) is 27.7 Å². The Morgan fingerprint density at radius 1 is 1.36 bits per heavy atom. The second-order valence-corrected chi connectivity index (χ2v) is 10.4. The summed E-state index contributed by atoms with van der Waals surface area (Å²) in [6.45, 7) is 9.47. The maximum Gasteiger partial charge on any atom is 0.302 e. The minimum atomic E-state index is -0.475. The van der Waals surface area contributed by atoms with Crippen LogP contribution in [0.5, 0.6) is 0 Å². The van der Waals surface area contributed by atoms with Crippen molar-refractivity contribution in [3.63, 3.8) is 0 Å². The number of aliphatic hydroxyl groups excluding tert-OH is 1. The predicted molar refractivity (Wildman–Crippen MR) is 105 cm³/mol. The van der Waals surface area contributed by atoms with E-state index < -0.39 is 6.10 Å². The average Bonchev–Trinajstić information content (AvgIpc) is 2.35. The molecular weight excluding hydrogens is 512 g/mol. The van der Waals surface area contributed by atoms with Crippen LogP contribution < -0.4 is 5.32 Å². The lowest BCUT2D eigenvalue weighted by Crippen LogP contribution is -2.48. The van der Waals surface area contributed by atoms with Crippen molar-refractivity contribution < 1.29 is 19.4 Å². The van der Waals surface area contributed by atoms with Crippen molar-refractivity contribution in [2.24, 2.45) is 5.41 Å². The molecule has 0 bridgehead atoms. The number of nitrogens with one attached hydrogen (secondary N) is 1. The zero-order chi connectivity index (χ0) is 17.6. The number of carbonyl (C=O) groups excluding carboxylic acids is 2. The van der Waals surface area contributed by atoms with Crippen LogP contribution in [0.1, 0.15) is 47.5 Å². The largest absolute Gasteiger partial charge is 0.461 e. The number of esters is 1. The molecule has 130 valence electrons. The van der Waals surface area contributed by atoms with Gasteiger partial charge < -0.3 is 15.2 Å². The number of hydrogen-bond donors (Lipinski definition) is 2. The van der Waals surface area contributed by atoms with Gasteiger partial charge in [0.25, 0.3) is 0 Å². The summed E-state index contributed by atoms with van der Waals surface area (Å²) in [7, 11) is 0. The summed E-state index contributed by atoms with van der Waals surface area (Å²) in [5.74, 6) is -0.308. The van der Waals surface area contributed by atoms with Crippen molar-refractivity contribution >= 4 is 57.6 Å². The number of halogens is 2. The molecule has 3 atom stereocenters. The highest BCUT2D eigenvalue weighted by atomic mass is 127. The second kappa shape index (κ2) is 9.61. The Bertz CT molecular complexity index is 369. The molecular formula is C15H27I2NO4. The molecule has 7 heteroatoms. The van der Waals surface area contributed by atoms with Gasteiger partial charge in [-0.2, -0.15) is 0 Å². The van der Waals surface area contributed by atoms with Crippen molar-refractivity contribution in [1.29, 1.82) is 0 Å². The van der Waals surface area contributed by atoms with Crippen molar-refractivity contribution in [2.75, 3.05) is 4.43 Å². The molecule has 0 rings (SSSR count). The Morgan fingerprint density at radius 3 is 2.27 bits per heavy atom. The third-order valence-electron chi connectivity index (χ3n) is 3.68. The van der Waals surface area contributed by atoms with E-state index >= 15 is 0 Å². The minimum Gasteiger partial charge on any atom is -0.461 e. The zero-order valence-corrected chi connectivity index (χ0v) is 18.2. The van der Waals surface area contributed by atoms with Crippen molar-refractivity contribution in [3.8, 4) is 0 Å². The zero-order valence-electron chi connectivity index (χ0n) is 13.9. The van der Waals surface area contributed by atoms with Gasteiger partial charge in [0.05, 0.1) is 9.53 Å². The van der Waals surface area contributed by atoms with E-state index in [9.17, 15) is 14.7 Å². The average molecular weight is 539 g/mol. The molecule has 0 aliphatic carbocycles. The molecule has 0 aliphatic heterocycles. The molecule has 0 saturated heterocycles. The lowest BCUT2D eigenvalue weighted by molar-refractivity contribution is -0.149. The van der Waals surface area contributed by atoms with Crippen LogP contribution in [0.15, 0.2) is 0 Å². The molecule has 3 unspecified atom stereocenters. The summed E-state index contributed by atoms with van der Waals surface area (Å²) in [4.78, 5) is 22.3. The molecule has 0 aromatic carbocycles. The second-order valence-electron chi connectivity index (χ2n) is 6.74. The monoisotopic (exact) mass is 539 g/mol. The van der Waals surface area contributed by atoms with Crippen molar-refractivity contribution in [2.45, 2.75) is 69.1 Å². The first-order valence-corrected chi connectivity index (χ1v) is 9.84. The Balaban J connectivity index is 5.17. The number of alkyl halides is 2. The van der Waals surface area contributed by atoms with Gasteiger partial charge >= 0.3 is 5.97 Å². The highest BCUT2D eigenvalue weighted by Crippen LogP contribution is 2.37. The highest BCUT2D eigenvalue weighted by Gasteiger charge is 2.39. The minimum absolute atomic E-state index is 0.188.